The summed E-state index contributed by atoms with van der Waals surface area (Å²) in [6.45, 7) is 7.07. The highest BCUT2D eigenvalue weighted by atomic mass is 16.3. The predicted molar refractivity (Wildman–Crippen MR) is 78.1 cm³/mol. The van der Waals surface area contributed by atoms with E-state index in [0.29, 0.717) is 0 Å². The van der Waals surface area contributed by atoms with Crippen molar-refractivity contribution in [2.24, 2.45) is 0 Å². The third-order valence-electron chi connectivity index (χ3n) is 3.14. The molecule has 1 rings (SSSR count). The number of benzene rings is 1. The summed E-state index contributed by atoms with van der Waals surface area (Å²) in [6.07, 6.45) is 0.721. The number of aliphatic hydroxyl groups is 1. The molecule has 0 aliphatic rings. The molecule has 0 amide bonds. The van der Waals surface area contributed by atoms with Crippen molar-refractivity contribution in [1.82, 2.24) is 4.90 Å². The van der Waals surface area contributed by atoms with Gasteiger partial charge in [0.05, 0.1) is 6.10 Å². The Balaban J connectivity index is 2.75. The van der Waals surface area contributed by atoms with Gasteiger partial charge >= 0.3 is 0 Å². The van der Waals surface area contributed by atoms with Crippen LogP contribution >= 0.6 is 0 Å². The van der Waals surface area contributed by atoms with E-state index in [0.717, 1.165) is 37.3 Å². The molecule has 0 saturated heterocycles. The first-order chi connectivity index (χ1) is 8.56. The molecular formula is C15H26N2O. The van der Waals surface area contributed by atoms with Crippen LogP contribution in [0.4, 0.5) is 5.69 Å². The van der Waals surface area contributed by atoms with Crippen LogP contribution in [0.2, 0.25) is 0 Å². The summed E-state index contributed by atoms with van der Waals surface area (Å²) >= 11 is 0. The normalized spacial score (nSPS) is 12.8. The van der Waals surface area contributed by atoms with Gasteiger partial charge in [-0.15, -0.1) is 0 Å². The van der Waals surface area contributed by atoms with E-state index in [1.165, 1.54) is 0 Å². The van der Waals surface area contributed by atoms with E-state index >= 15 is 0 Å². The number of hydrogen-bond acceptors (Lipinski definition) is 3. The Morgan fingerprint density at radius 3 is 2.39 bits per heavy atom. The number of hydrogen-bond donors (Lipinski definition) is 1. The molecule has 0 radical (unpaired) electrons. The number of rotatable bonds is 7. The number of para-hydroxylation sites is 1. The zero-order valence-electron chi connectivity index (χ0n) is 12.1. The maximum Gasteiger partial charge on any atom is 0.0781 e. The van der Waals surface area contributed by atoms with Gasteiger partial charge in [0, 0.05) is 24.3 Å². The second-order valence-electron chi connectivity index (χ2n) is 4.97. The first-order valence-corrected chi connectivity index (χ1v) is 6.73. The van der Waals surface area contributed by atoms with Gasteiger partial charge in [-0.25, -0.2) is 0 Å². The highest BCUT2D eigenvalue weighted by Gasteiger charge is 2.12. The fourth-order valence-corrected chi connectivity index (χ4v) is 2.16. The lowest BCUT2D eigenvalue weighted by Gasteiger charge is -2.27. The van der Waals surface area contributed by atoms with Crippen LogP contribution in [0.5, 0.6) is 0 Å². The van der Waals surface area contributed by atoms with Crippen molar-refractivity contribution >= 4 is 5.69 Å². The summed E-state index contributed by atoms with van der Waals surface area (Å²) in [4.78, 5) is 4.54. The van der Waals surface area contributed by atoms with Gasteiger partial charge in [-0.2, -0.15) is 0 Å². The highest BCUT2D eigenvalue weighted by molar-refractivity contribution is 5.54. The molecule has 3 nitrogen and oxygen atoms in total. The van der Waals surface area contributed by atoms with Gasteiger partial charge in [0.1, 0.15) is 0 Å². The van der Waals surface area contributed by atoms with Crippen molar-refractivity contribution in [3.8, 4) is 0 Å². The van der Waals surface area contributed by atoms with Crippen LogP contribution in [0.25, 0.3) is 0 Å². The third-order valence-corrected chi connectivity index (χ3v) is 3.14. The molecule has 1 atom stereocenters. The fourth-order valence-electron chi connectivity index (χ4n) is 2.16. The van der Waals surface area contributed by atoms with Crippen LogP contribution in [0.15, 0.2) is 24.3 Å². The van der Waals surface area contributed by atoms with E-state index < -0.39 is 6.10 Å². The van der Waals surface area contributed by atoms with Crippen LogP contribution in [-0.4, -0.2) is 43.7 Å². The molecule has 0 bridgehead atoms. The number of anilines is 1. The summed E-state index contributed by atoms with van der Waals surface area (Å²) in [6, 6.07) is 8.13. The SMILES string of the molecule is CCN(CCCN(C)C)c1ccccc1C(C)O. The summed E-state index contributed by atoms with van der Waals surface area (Å²) in [5, 5.41) is 9.83. The Morgan fingerprint density at radius 1 is 1.17 bits per heavy atom. The minimum Gasteiger partial charge on any atom is -0.389 e. The van der Waals surface area contributed by atoms with Crippen molar-refractivity contribution in [1.29, 1.82) is 0 Å². The van der Waals surface area contributed by atoms with Crippen molar-refractivity contribution in [3.63, 3.8) is 0 Å². The summed E-state index contributed by atoms with van der Waals surface area (Å²) in [5.41, 5.74) is 2.18. The fraction of sp³-hybridized carbons (Fsp3) is 0.600. The molecule has 0 spiro atoms. The van der Waals surface area contributed by atoms with Gasteiger partial charge < -0.3 is 14.9 Å². The molecule has 1 aromatic carbocycles. The van der Waals surface area contributed by atoms with Crippen molar-refractivity contribution in [2.75, 3.05) is 38.6 Å². The lowest BCUT2D eigenvalue weighted by atomic mass is 10.1. The van der Waals surface area contributed by atoms with Crippen LogP contribution in [-0.2, 0) is 0 Å². The van der Waals surface area contributed by atoms with Crippen LogP contribution < -0.4 is 4.90 Å². The van der Waals surface area contributed by atoms with Crippen LogP contribution in [0.1, 0.15) is 31.9 Å². The van der Waals surface area contributed by atoms with Crippen molar-refractivity contribution < 1.29 is 5.11 Å². The topological polar surface area (TPSA) is 26.7 Å². The van der Waals surface area contributed by atoms with E-state index in [1.807, 2.05) is 25.1 Å². The zero-order chi connectivity index (χ0) is 13.5. The van der Waals surface area contributed by atoms with Gasteiger partial charge in [0.25, 0.3) is 0 Å². The van der Waals surface area contributed by atoms with Gasteiger partial charge in [0.2, 0.25) is 0 Å². The zero-order valence-corrected chi connectivity index (χ0v) is 12.1. The number of nitrogens with zero attached hydrogens (tertiary/aromatic N) is 2. The third kappa shape index (κ3) is 4.31. The standard InChI is InChI=1S/C15H26N2O/c1-5-17(12-8-11-16(3)4)15-10-7-6-9-14(15)13(2)18/h6-7,9-10,13,18H,5,8,11-12H2,1-4H3. The van der Waals surface area contributed by atoms with Gasteiger partial charge in [-0.05, 0) is 47.0 Å². The van der Waals surface area contributed by atoms with E-state index in [-0.39, 0.29) is 0 Å². The molecule has 18 heavy (non-hydrogen) atoms. The molecule has 3 heteroatoms. The maximum absolute atomic E-state index is 9.83. The summed E-state index contributed by atoms with van der Waals surface area (Å²) in [7, 11) is 4.19. The Bertz CT molecular complexity index is 350. The monoisotopic (exact) mass is 250 g/mol. The average Bonchev–Trinajstić information content (AvgIpc) is 2.34. The van der Waals surface area contributed by atoms with Gasteiger partial charge in [0.15, 0.2) is 0 Å². The molecular weight excluding hydrogens is 224 g/mol. The van der Waals surface area contributed by atoms with Gasteiger partial charge in [-0.1, -0.05) is 18.2 Å². The Kier molecular flexibility index (Phi) is 6.16. The quantitative estimate of drug-likeness (QED) is 0.805. The molecule has 1 unspecified atom stereocenters. The lowest BCUT2D eigenvalue weighted by molar-refractivity contribution is 0.199. The van der Waals surface area contributed by atoms with E-state index in [2.05, 4.69) is 36.9 Å². The highest BCUT2D eigenvalue weighted by Crippen LogP contribution is 2.26. The second kappa shape index (κ2) is 7.39. The molecule has 0 aliphatic heterocycles. The molecule has 102 valence electrons. The second-order valence-corrected chi connectivity index (χ2v) is 4.97. The average molecular weight is 250 g/mol. The van der Waals surface area contributed by atoms with E-state index in [1.54, 1.807) is 0 Å². The van der Waals surface area contributed by atoms with Crippen molar-refractivity contribution in [2.45, 2.75) is 26.4 Å². The van der Waals surface area contributed by atoms with Crippen molar-refractivity contribution in [3.05, 3.63) is 29.8 Å². The number of aliphatic hydroxyl groups excluding tert-OH is 1. The van der Waals surface area contributed by atoms with Crippen LogP contribution in [0, 0.1) is 0 Å². The Morgan fingerprint density at radius 2 is 1.83 bits per heavy atom. The van der Waals surface area contributed by atoms with E-state index in [4.69, 9.17) is 0 Å². The van der Waals surface area contributed by atoms with Gasteiger partial charge in [-0.3, -0.25) is 0 Å². The molecule has 0 aliphatic carbocycles. The molecule has 0 saturated carbocycles. The first kappa shape index (κ1) is 15.0. The molecule has 1 N–H and O–H groups in total. The molecule has 1 aromatic rings. The lowest BCUT2D eigenvalue weighted by Crippen LogP contribution is -2.28. The molecule has 0 aromatic heterocycles. The summed E-state index contributed by atoms with van der Waals surface area (Å²) in [5.74, 6) is 0. The smallest absolute Gasteiger partial charge is 0.0781 e. The Hall–Kier alpha value is -1.06. The maximum atomic E-state index is 9.83. The molecule has 0 fully saturated rings. The Labute approximate surface area is 111 Å². The largest absolute Gasteiger partial charge is 0.389 e. The first-order valence-electron chi connectivity index (χ1n) is 6.73. The minimum atomic E-state index is -0.413. The van der Waals surface area contributed by atoms with Crippen LogP contribution in [0.3, 0.4) is 0 Å². The minimum absolute atomic E-state index is 0.413. The summed E-state index contributed by atoms with van der Waals surface area (Å²) < 4.78 is 0. The predicted octanol–water partition coefficient (Wildman–Crippen LogP) is 2.52. The molecule has 0 heterocycles. The van der Waals surface area contributed by atoms with E-state index in [9.17, 15) is 5.11 Å².